The van der Waals surface area contributed by atoms with Crippen molar-refractivity contribution >= 4 is 23.2 Å². The van der Waals surface area contributed by atoms with E-state index in [0.717, 1.165) is 12.2 Å². The average molecular weight is 385 g/mol. The highest BCUT2D eigenvalue weighted by Crippen LogP contribution is 2.17. The number of carbonyl (C=O) groups is 2. The van der Waals surface area contributed by atoms with E-state index in [-0.39, 0.29) is 18.4 Å². The molecule has 0 spiro atoms. The molecule has 2 rings (SSSR count). The van der Waals surface area contributed by atoms with Crippen LogP contribution >= 0.6 is 0 Å². The molecule has 0 fully saturated rings. The maximum atomic E-state index is 12.2. The number of amides is 2. The quantitative estimate of drug-likeness (QED) is 0.518. The summed E-state index contributed by atoms with van der Waals surface area (Å²) in [6.45, 7) is 3.64. The van der Waals surface area contributed by atoms with E-state index in [1.165, 1.54) is 0 Å². The van der Waals surface area contributed by atoms with Crippen LogP contribution in [0.15, 0.2) is 48.5 Å². The van der Waals surface area contributed by atoms with Gasteiger partial charge in [0.05, 0.1) is 19.8 Å². The predicted molar refractivity (Wildman–Crippen MR) is 110 cm³/mol. The highest BCUT2D eigenvalue weighted by atomic mass is 16.5. The lowest BCUT2D eigenvalue weighted by atomic mass is 10.2. The Hall–Kier alpha value is -3.06. The van der Waals surface area contributed by atoms with Gasteiger partial charge >= 0.3 is 0 Å². The lowest BCUT2D eigenvalue weighted by Crippen LogP contribution is -2.27. The third-order valence-corrected chi connectivity index (χ3v) is 3.76. The van der Waals surface area contributed by atoms with Crippen molar-refractivity contribution in [3.8, 4) is 5.75 Å². The summed E-state index contributed by atoms with van der Waals surface area (Å²) >= 11 is 0. The van der Waals surface area contributed by atoms with Gasteiger partial charge in [0.15, 0.2) is 0 Å². The Labute approximate surface area is 165 Å². The number of nitrogens with one attached hydrogen (secondary N) is 3. The summed E-state index contributed by atoms with van der Waals surface area (Å²) in [5.74, 6) is 0.344. The summed E-state index contributed by atoms with van der Waals surface area (Å²) in [6.07, 6.45) is 0.921. The van der Waals surface area contributed by atoms with Crippen molar-refractivity contribution < 1.29 is 19.1 Å². The van der Waals surface area contributed by atoms with Gasteiger partial charge in [0.1, 0.15) is 5.75 Å². The van der Waals surface area contributed by atoms with Crippen LogP contribution in [-0.4, -0.2) is 45.2 Å². The highest BCUT2D eigenvalue weighted by molar-refractivity contribution is 5.96. The predicted octanol–water partition coefficient (Wildman–Crippen LogP) is 2.90. The fourth-order valence-corrected chi connectivity index (χ4v) is 2.41. The third kappa shape index (κ3) is 7.28. The molecule has 2 aromatic carbocycles. The molecule has 0 aromatic heterocycles. The van der Waals surface area contributed by atoms with Crippen molar-refractivity contribution in [2.45, 2.75) is 13.3 Å². The summed E-state index contributed by atoms with van der Waals surface area (Å²) in [7, 11) is 1.58. The van der Waals surface area contributed by atoms with E-state index < -0.39 is 0 Å². The van der Waals surface area contributed by atoms with Crippen LogP contribution in [0.5, 0.6) is 5.75 Å². The Morgan fingerprint density at radius 3 is 2.57 bits per heavy atom. The molecule has 0 bridgehead atoms. The second kappa shape index (κ2) is 11.6. The zero-order valence-corrected chi connectivity index (χ0v) is 16.3. The van der Waals surface area contributed by atoms with Crippen molar-refractivity contribution in [2.24, 2.45) is 0 Å². The van der Waals surface area contributed by atoms with Crippen LogP contribution in [0.1, 0.15) is 23.7 Å². The SMILES string of the molecule is CCCOc1cccc(NC(=O)CNc2cccc(C(=O)NCCOC)c2)c1. The van der Waals surface area contributed by atoms with E-state index in [9.17, 15) is 9.59 Å². The monoisotopic (exact) mass is 385 g/mol. The van der Waals surface area contributed by atoms with Crippen LogP contribution < -0.4 is 20.7 Å². The molecule has 0 saturated carbocycles. The minimum atomic E-state index is -0.192. The summed E-state index contributed by atoms with van der Waals surface area (Å²) < 4.78 is 10.5. The van der Waals surface area contributed by atoms with Gasteiger partial charge in [-0.25, -0.2) is 0 Å². The summed E-state index contributed by atoms with van der Waals surface area (Å²) in [5.41, 5.74) is 1.88. The average Bonchev–Trinajstić information content (AvgIpc) is 2.71. The van der Waals surface area contributed by atoms with Gasteiger partial charge in [-0.05, 0) is 36.8 Å². The maximum Gasteiger partial charge on any atom is 0.251 e. The van der Waals surface area contributed by atoms with Gasteiger partial charge in [-0.15, -0.1) is 0 Å². The van der Waals surface area contributed by atoms with Crippen LogP contribution in [0, 0.1) is 0 Å². The van der Waals surface area contributed by atoms with Crippen LogP contribution in [0.2, 0.25) is 0 Å². The summed E-state index contributed by atoms with van der Waals surface area (Å²) in [4.78, 5) is 24.3. The molecule has 3 N–H and O–H groups in total. The molecule has 28 heavy (non-hydrogen) atoms. The van der Waals surface area contributed by atoms with Crippen molar-refractivity contribution in [1.82, 2.24) is 5.32 Å². The molecule has 0 aliphatic heterocycles. The Balaban J connectivity index is 1.85. The molecule has 0 heterocycles. The Bertz CT molecular complexity index is 780. The lowest BCUT2D eigenvalue weighted by Gasteiger charge is -2.11. The largest absolute Gasteiger partial charge is 0.494 e. The molecule has 0 saturated heterocycles. The second-order valence-corrected chi connectivity index (χ2v) is 6.11. The molecule has 0 unspecified atom stereocenters. The molecule has 0 aliphatic carbocycles. The molecular formula is C21H27N3O4. The first kappa shape index (κ1) is 21.2. The van der Waals surface area contributed by atoms with Crippen LogP contribution in [0.25, 0.3) is 0 Å². The van der Waals surface area contributed by atoms with Gasteiger partial charge in [-0.1, -0.05) is 19.1 Å². The zero-order chi connectivity index (χ0) is 20.2. The zero-order valence-electron chi connectivity index (χ0n) is 16.3. The van der Waals surface area contributed by atoms with E-state index in [0.29, 0.717) is 36.7 Å². The van der Waals surface area contributed by atoms with Gasteiger partial charge in [0, 0.05) is 36.7 Å². The number of hydrogen-bond donors (Lipinski definition) is 3. The highest BCUT2D eigenvalue weighted by Gasteiger charge is 2.07. The standard InChI is InChI=1S/C21H27N3O4/c1-3-11-28-19-9-5-8-18(14-19)24-20(25)15-23-17-7-4-6-16(13-17)21(26)22-10-12-27-2/h4-9,13-14,23H,3,10-12,15H2,1-2H3,(H,22,26)(H,24,25). The molecule has 7 heteroatoms. The molecule has 0 atom stereocenters. The number of ether oxygens (including phenoxy) is 2. The molecule has 7 nitrogen and oxygen atoms in total. The fourth-order valence-electron chi connectivity index (χ4n) is 2.41. The number of rotatable bonds is 11. The van der Waals surface area contributed by atoms with Gasteiger partial charge in [-0.3, -0.25) is 9.59 Å². The second-order valence-electron chi connectivity index (χ2n) is 6.11. The van der Waals surface area contributed by atoms with E-state index in [1.54, 1.807) is 37.4 Å². The van der Waals surface area contributed by atoms with Gasteiger partial charge < -0.3 is 25.4 Å². The number of methoxy groups -OCH3 is 1. The smallest absolute Gasteiger partial charge is 0.251 e. The number of carbonyl (C=O) groups excluding carboxylic acids is 2. The number of hydrogen-bond acceptors (Lipinski definition) is 5. The van der Waals surface area contributed by atoms with Gasteiger partial charge in [0.2, 0.25) is 5.91 Å². The van der Waals surface area contributed by atoms with E-state index >= 15 is 0 Å². The minimum Gasteiger partial charge on any atom is -0.494 e. The first-order chi connectivity index (χ1) is 13.6. The van der Waals surface area contributed by atoms with Crippen LogP contribution in [0.4, 0.5) is 11.4 Å². The topological polar surface area (TPSA) is 88.7 Å². The fraction of sp³-hybridized carbons (Fsp3) is 0.333. The minimum absolute atomic E-state index is 0.0782. The van der Waals surface area contributed by atoms with Crippen molar-refractivity contribution in [3.05, 3.63) is 54.1 Å². The molecule has 0 radical (unpaired) electrons. The van der Waals surface area contributed by atoms with Crippen LogP contribution in [0.3, 0.4) is 0 Å². The first-order valence-corrected chi connectivity index (χ1v) is 9.26. The van der Waals surface area contributed by atoms with Gasteiger partial charge in [-0.2, -0.15) is 0 Å². The normalized spacial score (nSPS) is 10.2. The Kier molecular flexibility index (Phi) is 8.81. The van der Waals surface area contributed by atoms with E-state index in [1.807, 2.05) is 25.1 Å². The Morgan fingerprint density at radius 1 is 1.00 bits per heavy atom. The third-order valence-electron chi connectivity index (χ3n) is 3.76. The molecular weight excluding hydrogens is 358 g/mol. The van der Waals surface area contributed by atoms with Crippen LogP contribution in [-0.2, 0) is 9.53 Å². The van der Waals surface area contributed by atoms with E-state index in [4.69, 9.17) is 9.47 Å². The van der Waals surface area contributed by atoms with Gasteiger partial charge in [0.25, 0.3) is 5.91 Å². The van der Waals surface area contributed by atoms with Crippen molar-refractivity contribution in [3.63, 3.8) is 0 Å². The van der Waals surface area contributed by atoms with Crippen molar-refractivity contribution in [2.75, 3.05) is 44.0 Å². The van der Waals surface area contributed by atoms with Crippen molar-refractivity contribution in [1.29, 1.82) is 0 Å². The Morgan fingerprint density at radius 2 is 1.79 bits per heavy atom. The maximum absolute atomic E-state index is 12.2. The summed E-state index contributed by atoms with van der Waals surface area (Å²) in [6, 6.07) is 14.3. The molecule has 2 aromatic rings. The molecule has 0 aliphatic rings. The first-order valence-electron chi connectivity index (χ1n) is 9.26. The number of anilines is 2. The molecule has 150 valence electrons. The molecule has 2 amide bonds. The lowest BCUT2D eigenvalue weighted by molar-refractivity contribution is -0.114. The summed E-state index contributed by atoms with van der Waals surface area (Å²) in [5, 5.41) is 8.62. The van der Waals surface area contributed by atoms with E-state index in [2.05, 4.69) is 16.0 Å². The number of benzene rings is 2.